The molecule has 6 rings (SSSR count). The maximum atomic E-state index is 13.7. The van der Waals surface area contributed by atoms with Gasteiger partial charge in [-0.3, -0.25) is 14.8 Å². The van der Waals surface area contributed by atoms with Crippen molar-refractivity contribution in [2.24, 2.45) is 17.3 Å². The van der Waals surface area contributed by atoms with Gasteiger partial charge in [-0.05, 0) is 71.1 Å². The summed E-state index contributed by atoms with van der Waals surface area (Å²) in [5, 5.41) is 15.7. The average molecular weight is 886 g/mol. The van der Waals surface area contributed by atoms with Crippen LogP contribution in [0, 0.1) is 37.2 Å². The molecule has 2 aromatic heterocycles. The summed E-state index contributed by atoms with van der Waals surface area (Å²) in [7, 11) is 0. The van der Waals surface area contributed by atoms with E-state index < -0.39 is 11.6 Å². The van der Waals surface area contributed by atoms with Crippen LogP contribution in [0.4, 0.5) is 13.2 Å². The number of alkyl halides is 3. The summed E-state index contributed by atoms with van der Waals surface area (Å²) in [6.07, 6.45) is 0.381. The zero-order chi connectivity index (χ0) is 37.2. The van der Waals surface area contributed by atoms with Gasteiger partial charge in [0, 0.05) is 60.9 Å². The van der Waals surface area contributed by atoms with E-state index in [1.807, 2.05) is 71.9 Å². The molecule has 0 aliphatic rings. The number of fused-ring (bicyclic) bond motifs is 2. The maximum absolute atomic E-state index is 13.7. The third-order valence-corrected chi connectivity index (χ3v) is 10.2. The van der Waals surface area contributed by atoms with Crippen LogP contribution in [-0.2, 0) is 31.3 Å². The average Bonchev–Trinajstić information content (AvgIpc) is 3.07. The zero-order valence-corrected chi connectivity index (χ0v) is 33.7. The molecule has 1 N–H and O–H groups in total. The molecule has 4 nitrogen and oxygen atoms in total. The van der Waals surface area contributed by atoms with Crippen LogP contribution in [0.5, 0.6) is 0 Å². The maximum Gasteiger partial charge on any atom is 0.394 e. The molecule has 277 valence electrons. The first-order chi connectivity index (χ1) is 24.1. The second-order valence-corrected chi connectivity index (χ2v) is 14.4. The molecular weight excluding hydrogens is 838 g/mol. The summed E-state index contributed by atoms with van der Waals surface area (Å²) in [5.74, 6) is 0.547. The molecule has 52 heavy (non-hydrogen) atoms. The molecule has 0 bridgehead atoms. The van der Waals surface area contributed by atoms with Gasteiger partial charge in [0.25, 0.3) is 0 Å². The number of pyridine rings is 2. The smallest absolute Gasteiger partial charge is 0.394 e. The molecule has 0 spiro atoms. The molecule has 0 unspecified atom stereocenters. The number of halogens is 3. The Hall–Kier alpha value is -3.87. The van der Waals surface area contributed by atoms with Gasteiger partial charge in [-0.25, -0.2) is 0 Å². The van der Waals surface area contributed by atoms with Crippen molar-refractivity contribution < 1.29 is 43.2 Å². The van der Waals surface area contributed by atoms with Crippen LogP contribution >= 0.6 is 0 Å². The molecule has 0 saturated heterocycles. The third kappa shape index (κ3) is 8.34. The number of aliphatic hydroxyl groups excluding tert-OH is 1. The fourth-order valence-electron chi connectivity index (χ4n) is 7.10. The Morgan fingerprint density at radius 1 is 0.788 bits per heavy atom. The molecule has 0 aliphatic carbocycles. The third-order valence-electron chi connectivity index (χ3n) is 10.2. The Morgan fingerprint density at radius 3 is 1.85 bits per heavy atom. The summed E-state index contributed by atoms with van der Waals surface area (Å²) in [6, 6.07) is 23.4. The standard InChI is InChI=1S/C31H24F3N2.C13H24O2.Ir/c1-17-11-18(2)13-19(12-17)27-15-24-23-14-20(16-30(3,4)31(32,33)34)35-25-9-5-7-21(28(23)25)22-8-6-10-26(36-27)29(22)24;1-5-10(6-2)12(14)9-13(15)11(7-3)8-4;/h5-12,14-15H,16H2,1-4H3;9-11,14H,5-8H2,1-4H3;/q-1;;/b;12-9-;. The first kappa shape index (κ1) is 40.9. The van der Waals surface area contributed by atoms with Crippen LogP contribution < -0.4 is 0 Å². The summed E-state index contributed by atoms with van der Waals surface area (Å²) in [4.78, 5) is 21.4. The fraction of sp³-hybridized carbons (Fsp3) is 0.386. The van der Waals surface area contributed by atoms with Gasteiger partial charge in [0.2, 0.25) is 0 Å². The van der Waals surface area contributed by atoms with Crippen molar-refractivity contribution in [3.8, 4) is 11.3 Å². The van der Waals surface area contributed by atoms with E-state index in [1.54, 1.807) is 0 Å². The van der Waals surface area contributed by atoms with Crippen LogP contribution in [0.2, 0.25) is 0 Å². The Morgan fingerprint density at radius 2 is 1.33 bits per heavy atom. The van der Waals surface area contributed by atoms with Gasteiger partial charge in [0.15, 0.2) is 5.78 Å². The second-order valence-electron chi connectivity index (χ2n) is 14.4. The number of aliphatic hydroxyl groups is 1. The number of aromatic nitrogens is 2. The Labute approximate surface area is 318 Å². The SMILES string of the molecule is CCC(CC)C(=O)/C=C(\O)C(CC)CC.Cc1[c-]c(-c2cc3c4cc(CC(C)(C)C(F)(F)F)nc5cccc(c6cccc(n2)c63)c54)cc(C)c1.[Ir]. The molecule has 0 amide bonds. The predicted octanol–water partition coefficient (Wildman–Crippen LogP) is 12.6. The van der Waals surface area contributed by atoms with Gasteiger partial charge in [0.05, 0.1) is 22.2 Å². The molecule has 1 radical (unpaired) electrons. The van der Waals surface area contributed by atoms with E-state index in [4.69, 9.17) is 9.97 Å². The quantitative estimate of drug-likeness (QED) is 0.0489. The van der Waals surface area contributed by atoms with Crippen molar-refractivity contribution in [1.82, 2.24) is 9.97 Å². The number of carbonyl (C=O) groups excluding carboxylic acids is 1. The summed E-state index contributed by atoms with van der Waals surface area (Å²) >= 11 is 0. The molecule has 6 aromatic rings. The van der Waals surface area contributed by atoms with Gasteiger partial charge in [0.1, 0.15) is 0 Å². The van der Waals surface area contributed by atoms with E-state index in [-0.39, 0.29) is 49.9 Å². The van der Waals surface area contributed by atoms with Gasteiger partial charge in [-0.2, -0.15) is 13.2 Å². The van der Waals surface area contributed by atoms with E-state index in [9.17, 15) is 23.1 Å². The van der Waals surface area contributed by atoms with Crippen molar-refractivity contribution in [2.45, 2.75) is 93.7 Å². The van der Waals surface area contributed by atoms with Gasteiger partial charge in [-0.15, -0.1) is 34.9 Å². The number of allylic oxidation sites excluding steroid dienone is 2. The molecule has 4 aromatic carbocycles. The molecule has 0 saturated carbocycles. The second kappa shape index (κ2) is 16.4. The van der Waals surface area contributed by atoms with E-state index in [0.717, 1.165) is 85.9 Å². The minimum absolute atomic E-state index is 0. The largest absolute Gasteiger partial charge is 0.512 e. The van der Waals surface area contributed by atoms with E-state index in [1.165, 1.54) is 19.9 Å². The van der Waals surface area contributed by atoms with Crippen LogP contribution in [0.3, 0.4) is 0 Å². The summed E-state index contributed by atoms with van der Waals surface area (Å²) in [6.45, 7) is 14.6. The molecule has 8 heteroatoms. The van der Waals surface area contributed by atoms with Gasteiger partial charge < -0.3 is 5.11 Å². The minimum atomic E-state index is -4.33. The van der Waals surface area contributed by atoms with Crippen LogP contribution in [0.25, 0.3) is 54.6 Å². The van der Waals surface area contributed by atoms with E-state index in [2.05, 4.69) is 36.4 Å². The molecule has 2 heterocycles. The number of nitrogens with zero attached hydrogens (tertiary/aromatic N) is 2. The summed E-state index contributed by atoms with van der Waals surface area (Å²) < 4.78 is 41.2. The predicted molar refractivity (Wildman–Crippen MR) is 204 cm³/mol. The van der Waals surface area contributed by atoms with Crippen molar-refractivity contribution in [1.29, 1.82) is 0 Å². The number of benzene rings is 4. The number of hydrogen-bond donors (Lipinski definition) is 1. The Kier molecular flexibility index (Phi) is 12.9. The minimum Gasteiger partial charge on any atom is -0.512 e. The molecule has 0 fully saturated rings. The van der Waals surface area contributed by atoms with Crippen molar-refractivity contribution in [3.63, 3.8) is 0 Å². The molecular formula is C44H48F3IrN2O2-. The normalized spacial score (nSPS) is 12.6. The first-order valence-corrected chi connectivity index (χ1v) is 18.0. The van der Waals surface area contributed by atoms with Crippen LogP contribution in [0.15, 0.2) is 72.5 Å². The summed E-state index contributed by atoms with van der Waals surface area (Å²) in [5.41, 5.74) is 3.95. The fourth-order valence-corrected chi connectivity index (χ4v) is 7.10. The monoisotopic (exact) mass is 886 g/mol. The molecule has 0 atom stereocenters. The molecule has 0 aliphatic heterocycles. The number of rotatable bonds is 10. The van der Waals surface area contributed by atoms with Crippen molar-refractivity contribution >= 4 is 49.1 Å². The number of ketones is 1. The van der Waals surface area contributed by atoms with Gasteiger partial charge >= 0.3 is 6.18 Å². The topological polar surface area (TPSA) is 63.1 Å². The van der Waals surface area contributed by atoms with E-state index in [0.29, 0.717) is 11.2 Å². The number of hydrogen-bond acceptors (Lipinski definition) is 4. The Bertz CT molecular complexity index is 2200. The number of aryl methyl sites for hydroxylation is 2. The van der Waals surface area contributed by atoms with E-state index >= 15 is 0 Å². The zero-order valence-electron chi connectivity index (χ0n) is 31.3. The first-order valence-electron chi connectivity index (χ1n) is 18.0. The van der Waals surface area contributed by atoms with Gasteiger partial charge in [-0.1, -0.05) is 85.7 Å². The Balaban J connectivity index is 0.000000323. The van der Waals surface area contributed by atoms with Crippen LogP contribution in [0.1, 0.15) is 84.0 Å². The number of carbonyl (C=O) groups is 1. The van der Waals surface area contributed by atoms with Crippen LogP contribution in [-0.4, -0.2) is 27.0 Å². The van der Waals surface area contributed by atoms with Crippen molar-refractivity contribution in [3.05, 3.63) is 95.4 Å². The van der Waals surface area contributed by atoms with Crippen molar-refractivity contribution in [2.75, 3.05) is 0 Å².